The van der Waals surface area contributed by atoms with E-state index < -0.39 is 37.6 Å². The largest absolute Gasteiger partial charge is 0.486 e. The number of carbonyl (C=O) groups is 1. The molecule has 1 amide bonds. The van der Waals surface area contributed by atoms with E-state index in [4.69, 9.17) is 15.2 Å². The van der Waals surface area contributed by atoms with Crippen LogP contribution in [0.2, 0.25) is 0 Å². The molecule has 0 unspecified atom stereocenters. The average molecular weight is 463 g/mol. The van der Waals surface area contributed by atoms with E-state index in [1.54, 1.807) is 0 Å². The summed E-state index contributed by atoms with van der Waals surface area (Å²) in [5, 5.41) is 2.64. The molecule has 1 atom stereocenters. The number of benzene rings is 1. The second-order valence-electron chi connectivity index (χ2n) is 8.40. The number of nitrogens with two attached hydrogens (primary N) is 1. The van der Waals surface area contributed by atoms with Crippen LogP contribution in [-0.2, 0) is 15.4 Å². The first kappa shape index (κ1) is 22.0. The summed E-state index contributed by atoms with van der Waals surface area (Å²) in [5.41, 5.74) is 4.84. The minimum Gasteiger partial charge on any atom is -0.486 e. The van der Waals surface area contributed by atoms with Crippen molar-refractivity contribution in [2.24, 2.45) is 10.7 Å². The molecule has 0 saturated carbocycles. The molecule has 0 fully saturated rings. The molecule has 0 spiro atoms. The molecule has 3 N–H and O–H groups in total. The fourth-order valence-corrected chi connectivity index (χ4v) is 5.25. The van der Waals surface area contributed by atoms with Crippen molar-refractivity contribution in [2.75, 3.05) is 24.3 Å². The molecule has 0 aliphatic carbocycles. The molecule has 0 saturated heterocycles. The van der Waals surface area contributed by atoms with Gasteiger partial charge in [0.25, 0.3) is 5.91 Å². The lowest BCUT2D eigenvalue weighted by atomic mass is 9.92. The van der Waals surface area contributed by atoms with Crippen LogP contribution in [0.15, 0.2) is 35.5 Å². The Hall–Kier alpha value is -3.21. The smallest absolute Gasteiger partial charge is 0.274 e. The molecule has 170 valence electrons. The number of hydrogen-bond acceptors (Lipinski definition) is 8. The summed E-state index contributed by atoms with van der Waals surface area (Å²) < 4.78 is 49.9. The lowest BCUT2D eigenvalue weighted by Gasteiger charge is -2.38. The molecule has 0 radical (unpaired) electrons. The van der Waals surface area contributed by atoms with Gasteiger partial charge in [-0.2, -0.15) is 0 Å². The third kappa shape index (κ3) is 3.66. The van der Waals surface area contributed by atoms with E-state index in [-0.39, 0.29) is 22.8 Å². The Kier molecular flexibility index (Phi) is 5.11. The van der Waals surface area contributed by atoms with Crippen LogP contribution in [0.4, 0.5) is 10.1 Å². The number of amides is 1. The van der Waals surface area contributed by atoms with E-state index in [1.807, 2.05) is 0 Å². The molecule has 2 aliphatic rings. The Morgan fingerprint density at radius 2 is 1.84 bits per heavy atom. The Balaban J connectivity index is 1.65. The van der Waals surface area contributed by atoms with E-state index >= 15 is 0 Å². The number of sulfone groups is 1. The van der Waals surface area contributed by atoms with E-state index in [0.29, 0.717) is 24.7 Å². The molecule has 1 aromatic carbocycles. The van der Waals surface area contributed by atoms with Crippen LogP contribution in [0.25, 0.3) is 0 Å². The van der Waals surface area contributed by atoms with E-state index in [2.05, 4.69) is 15.3 Å². The van der Waals surface area contributed by atoms with Gasteiger partial charge in [-0.1, -0.05) is 0 Å². The number of ether oxygens (including phenoxy) is 2. The number of hydrogen-bond donors (Lipinski definition) is 2. The van der Waals surface area contributed by atoms with Crippen molar-refractivity contribution in [3.8, 4) is 11.5 Å². The van der Waals surface area contributed by atoms with Gasteiger partial charge in [0.2, 0.25) is 0 Å². The Morgan fingerprint density at radius 3 is 2.53 bits per heavy atom. The summed E-state index contributed by atoms with van der Waals surface area (Å²) in [7, 11) is -3.72. The van der Waals surface area contributed by atoms with Crippen molar-refractivity contribution in [2.45, 2.75) is 31.1 Å². The van der Waals surface area contributed by atoms with E-state index in [0.717, 1.165) is 6.07 Å². The summed E-state index contributed by atoms with van der Waals surface area (Å²) in [6.45, 7) is 5.19. The van der Waals surface area contributed by atoms with Crippen molar-refractivity contribution < 1.29 is 27.1 Å². The number of aromatic nitrogens is 1. The van der Waals surface area contributed by atoms with Crippen molar-refractivity contribution in [3.05, 3.63) is 47.5 Å². The normalized spacial score (nSPS) is 23.2. The topological polar surface area (TPSA) is 133 Å². The van der Waals surface area contributed by atoms with Gasteiger partial charge in [0, 0.05) is 17.3 Å². The van der Waals surface area contributed by atoms with Gasteiger partial charge in [-0.05, 0) is 39.0 Å². The lowest BCUT2D eigenvalue weighted by molar-refractivity contribution is 0.102. The fourth-order valence-electron chi connectivity index (χ4n) is 3.56. The Labute approximate surface area is 184 Å². The Morgan fingerprint density at radius 1 is 1.16 bits per heavy atom. The zero-order valence-corrected chi connectivity index (χ0v) is 18.6. The van der Waals surface area contributed by atoms with Crippen LogP contribution in [0.1, 0.15) is 36.8 Å². The first-order chi connectivity index (χ1) is 14.9. The number of halogens is 1. The number of pyridine rings is 1. The third-order valence-electron chi connectivity index (χ3n) is 5.70. The van der Waals surface area contributed by atoms with Gasteiger partial charge in [-0.3, -0.25) is 9.79 Å². The van der Waals surface area contributed by atoms with Gasteiger partial charge in [-0.25, -0.2) is 17.8 Å². The summed E-state index contributed by atoms with van der Waals surface area (Å²) >= 11 is 0. The minimum atomic E-state index is -3.72. The maximum atomic E-state index is 14.8. The minimum absolute atomic E-state index is 0.00691. The maximum absolute atomic E-state index is 14.8. The highest BCUT2D eigenvalue weighted by Gasteiger charge is 2.49. The lowest BCUT2D eigenvalue weighted by Crippen LogP contribution is -2.55. The quantitative estimate of drug-likeness (QED) is 0.713. The van der Waals surface area contributed by atoms with Crippen LogP contribution < -0.4 is 20.5 Å². The molecule has 2 aliphatic heterocycles. The second kappa shape index (κ2) is 7.44. The monoisotopic (exact) mass is 462 g/mol. The van der Waals surface area contributed by atoms with Crippen LogP contribution in [0.5, 0.6) is 11.5 Å². The van der Waals surface area contributed by atoms with Crippen LogP contribution in [-0.4, -0.2) is 48.9 Å². The highest BCUT2D eigenvalue weighted by atomic mass is 32.2. The molecule has 4 rings (SSSR count). The summed E-state index contributed by atoms with van der Waals surface area (Å²) in [5.74, 6) is -0.878. The van der Waals surface area contributed by atoms with Crippen molar-refractivity contribution in [1.82, 2.24) is 4.98 Å². The number of anilines is 1. The molecule has 9 nitrogen and oxygen atoms in total. The number of nitrogens with one attached hydrogen (secondary N) is 1. The van der Waals surface area contributed by atoms with Gasteiger partial charge < -0.3 is 20.5 Å². The third-order valence-corrected chi connectivity index (χ3v) is 8.41. The van der Waals surface area contributed by atoms with E-state index in [9.17, 15) is 17.6 Å². The van der Waals surface area contributed by atoms with E-state index in [1.165, 1.54) is 45.2 Å². The van der Waals surface area contributed by atoms with Gasteiger partial charge in [0.15, 0.2) is 21.3 Å². The number of nitrogens with zero attached hydrogens (tertiary/aromatic N) is 2. The number of aliphatic imine (C=N–C) groups is 1. The molecule has 0 bridgehead atoms. The second-order valence-corrected chi connectivity index (χ2v) is 10.9. The molecule has 11 heteroatoms. The zero-order valence-electron chi connectivity index (χ0n) is 17.8. The van der Waals surface area contributed by atoms with Crippen molar-refractivity contribution in [1.29, 1.82) is 0 Å². The number of fused-ring (bicyclic) bond motifs is 1. The molecular formula is C21H23FN4O5S. The first-order valence-corrected chi connectivity index (χ1v) is 11.5. The number of rotatable bonds is 3. The predicted molar refractivity (Wildman–Crippen MR) is 116 cm³/mol. The zero-order chi connectivity index (χ0) is 23.3. The molecule has 32 heavy (non-hydrogen) atoms. The molecule has 2 aromatic rings. The van der Waals surface area contributed by atoms with Crippen LogP contribution >= 0.6 is 0 Å². The molecule has 1 aromatic heterocycles. The number of amidine groups is 1. The number of carbonyl (C=O) groups excluding carboxylic acids is 1. The van der Waals surface area contributed by atoms with Crippen LogP contribution in [0, 0.1) is 5.82 Å². The summed E-state index contributed by atoms with van der Waals surface area (Å²) in [6.07, 6.45) is 1.40. The summed E-state index contributed by atoms with van der Waals surface area (Å²) in [6, 6.07) is 5.32. The highest BCUT2D eigenvalue weighted by molar-refractivity contribution is 7.93. The van der Waals surface area contributed by atoms with Gasteiger partial charge in [0.05, 0.1) is 11.9 Å². The van der Waals surface area contributed by atoms with Crippen molar-refractivity contribution >= 4 is 27.3 Å². The standard InChI is InChI=1S/C21H23FN4O5S/c1-20(2)19(23)26-21(3,11-32(20,28)29)13-8-12(4-5-14(13)22)25-18(27)15-9-16-17(10-24-15)31-7-6-30-16/h4-5,8-10H,6-7,11H2,1-3H3,(H2,23,26)(H,25,27)/t21-/m0/s1. The molecule has 3 heterocycles. The highest BCUT2D eigenvalue weighted by Crippen LogP contribution is 2.38. The average Bonchev–Trinajstić information content (AvgIpc) is 2.73. The summed E-state index contributed by atoms with van der Waals surface area (Å²) in [4.78, 5) is 21.1. The molecular weight excluding hydrogens is 439 g/mol. The predicted octanol–water partition coefficient (Wildman–Crippen LogP) is 2.02. The van der Waals surface area contributed by atoms with Gasteiger partial charge in [0.1, 0.15) is 40.8 Å². The fraction of sp³-hybridized carbons (Fsp3) is 0.381. The SMILES string of the molecule is CC1(C)C(N)=N[C@](C)(c2cc(NC(=O)c3cc4c(cn3)OCCO4)ccc2F)CS1(=O)=O. The maximum Gasteiger partial charge on any atom is 0.274 e. The Bertz CT molecular complexity index is 1240. The first-order valence-electron chi connectivity index (χ1n) is 9.88. The van der Waals surface area contributed by atoms with Crippen molar-refractivity contribution in [3.63, 3.8) is 0 Å². The van der Waals surface area contributed by atoms with Gasteiger partial charge in [-0.15, -0.1) is 0 Å². The van der Waals surface area contributed by atoms with Crippen LogP contribution in [0.3, 0.4) is 0 Å². The van der Waals surface area contributed by atoms with Gasteiger partial charge >= 0.3 is 0 Å².